The van der Waals surface area contributed by atoms with Gasteiger partial charge in [-0.15, -0.1) is 0 Å². The van der Waals surface area contributed by atoms with E-state index in [-0.39, 0.29) is 22.4 Å². The van der Waals surface area contributed by atoms with Gasteiger partial charge in [0.05, 0.1) is 12.1 Å². The molecule has 3 aromatic rings. The molecule has 0 aliphatic carbocycles. The molecule has 23 heavy (non-hydrogen) atoms. The van der Waals surface area contributed by atoms with Crippen molar-refractivity contribution in [2.75, 3.05) is 5.32 Å². The van der Waals surface area contributed by atoms with Crippen LogP contribution in [0.2, 0.25) is 5.15 Å². The molecule has 0 fully saturated rings. The lowest BCUT2D eigenvalue weighted by atomic mass is 10.1. The molecule has 1 aromatic carbocycles. The second-order valence-corrected chi connectivity index (χ2v) is 5.95. The Morgan fingerprint density at radius 3 is 2.78 bits per heavy atom. The van der Waals surface area contributed by atoms with Crippen molar-refractivity contribution in [2.24, 2.45) is 0 Å². The largest absolute Gasteiger partial charge is 0.302 e. The van der Waals surface area contributed by atoms with Gasteiger partial charge in [0.2, 0.25) is 5.91 Å². The normalized spacial score (nSPS) is 10.3. The Labute approximate surface area is 141 Å². The molecule has 0 aliphatic rings. The van der Waals surface area contributed by atoms with E-state index >= 15 is 0 Å². The Balaban J connectivity index is 1.64. The van der Waals surface area contributed by atoms with Crippen molar-refractivity contribution in [3.8, 4) is 11.8 Å². The molecule has 2 aromatic heterocycles. The van der Waals surface area contributed by atoms with E-state index in [4.69, 9.17) is 16.9 Å². The predicted octanol–water partition coefficient (Wildman–Crippen LogP) is 3.04. The lowest BCUT2D eigenvalue weighted by Crippen LogP contribution is -2.14. The summed E-state index contributed by atoms with van der Waals surface area (Å²) in [5.41, 5.74) is 1.78. The van der Waals surface area contributed by atoms with E-state index < -0.39 is 0 Å². The summed E-state index contributed by atoms with van der Waals surface area (Å²) in [5, 5.41) is 16.0. The summed E-state index contributed by atoms with van der Waals surface area (Å²) >= 11 is 6.82. The molecule has 0 saturated carbocycles. The van der Waals surface area contributed by atoms with E-state index in [1.165, 1.54) is 0 Å². The van der Waals surface area contributed by atoms with Crippen LogP contribution in [0.1, 0.15) is 10.4 Å². The number of carbonyl (C=O) groups is 1. The first-order chi connectivity index (χ1) is 11.2. The minimum Gasteiger partial charge on any atom is -0.302 e. The van der Waals surface area contributed by atoms with Crippen LogP contribution in [0.5, 0.6) is 0 Å². The lowest BCUT2D eigenvalue weighted by Gasteiger charge is -2.04. The first-order valence-corrected chi connectivity index (χ1v) is 7.80. The standard InChI is InChI=1S/C15H10ClN5OS/c16-14-12(9-17)23-15(20-14)19-13(22)8-10-2-4-11(5-3-10)21-7-1-6-18-21/h1-7H,8H2,(H,19,20,22). The molecule has 0 atom stereocenters. The molecule has 2 heterocycles. The smallest absolute Gasteiger partial charge is 0.230 e. The number of anilines is 1. The van der Waals surface area contributed by atoms with Crippen LogP contribution in [0, 0.1) is 11.3 Å². The number of hydrogen-bond donors (Lipinski definition) is 1. The van der Waals surface area contributed by atoms with Gasteiger partial charge in [0.25, 0.3) is 0 Å². The second kappa shape index (κ2) is 6.60. The van der Waals surface area contributed by atoms with Crippen molar-refractivity contribution in [1.29, 1.82) is 5.26 Å². The molecular formula is C15H10ClN5OS. The van der Waals surface area contributed by atoms with Gasteiger partial charge in [-0.25, -0.2) is 9.67 Å². The molecular weight excluding hydrogens is 334 g/mol. The third-order valence-electron chi connectivity index (χ3n) is 3.00. The molecule has 1 N–H and O–H groups in total. The number of carbonyl (C=O) groups excluding carboxylic acids is 1. The first kappa shape index (κ1) is 15.2. The predicted molar refractivity (Wildman–Crippen MR) is 87.7 cm³/mol. The fourth-order valence-electron chi connectivity index (χ4n) is 1.96. The number of hydrogen-bond acceptors (Lipinski definition) is 5. The van der Waals surface area contributed by atoms with E-state index in [1.54, 1.807) is 10.9 Å². The number of amides is 1. The maximum Gasteiger partial charge on any atom is 0.230 e. The highest BCUT2D eigenvalue weighted by atomic mass is 35.5. The van der Waals surface area contributed by atoms with Crippen molar-refractivity contribution >= 4 is 34.0 Å². The third-order valence-corrected chi connectivity index (χ3v) is 4.26. The van der Waals surface area contributed by atoms with Crippen LogP contribution < -0.4 is 5.32 Å². The van der Waals surface area contributed by atoms with Crippen LogP contribution in [-0.4, -0.2) is 20.7 Å². The number of aromatic nitrogens is 3. The molecule has 0 unspecified atom stereocenters. The number of nitrogens with zero attached hydrogens (tertiary/aromatic N) is 4. The van der Waals surface area contributed by atoms with Gasteiger partial charge in [-0.3, -0.25) is 4.79 Å². The number of thiazole rings is 1. The van der Waals surface area contributed by atoms with Crippen molar-refractivity contribution in [3.05, 3.63) is 58.3 Å². The maximum atomic E-state index is 12.0. The number of benzene rings is 1. The zero-order valence-electron chi connectivity index (χ0n) is 11.7. The Kier molecular flexibility index (Phi) is 4.37. The van der Waals surface area contributed by atoms with Gasteiger partial charge >= 0.3 is 0 Å². The number of halogens is 1. The summed E-state index contributed by atoms with van der Waals surface area (Å²) in [6, 6.07) is 11.3. The molecule has 0 spiro atoms. The Morgan fingerprint density at radius 2 is 2.17 bits per heavy atom. The maximum absolute atomic E-state index is 12.0. The van der Waals surface area contributed by atoms with E-state index in [0.29, 0.717) is 5.13 Å². The molecule has 0 saturated heterocycles. The summed E-state index contributed by atoms with van der Waals surface area (Å²) in [6.07, 6.45) is 3.76. The Hall–Kier alpha value is -2.69. The van der Waals surface area contributed by atoms with Crippen LogP contribution in [0.25, 0.3) is 5.69 Å². The van der Waals surface area contributed by atoms with Crippen LogP contribution in [0.4, 0.5) is 5.13 Å². The van der Waals surface area contributed by atoms with Crippen LogP contribution >= 0.6 is 22.9 Å². The highest BCUT2D eigenvalue weighted by molar-refractivity contribution is 7.16. The summed E-state index contributed by atoms with van der Waals surface area (Å²) < 4.78 is 1.74. The quantitative estimate of drug-likeness (QED) is 0.789. The minimum atomic E-state index is -0.216. The van der Waals surface area contributed by atoms with E-state index in [9.17, 15) is 4.79 Å². The van der Waals surface area contributed by atoms with Gasteiger partial charge in [0, 0.05) is 12.4 Å². The van der Waals surface area contributed by atoms with Crippen molar-refractivity contribution in [1.82, 2.24) is 14.8 Å². The van der Waals surface area contributed by atoms with Crippen LogP contribution in [-0.2, 0) is 11.2 Å². The highest BCUT2D eigenvalue weighted by Crippen LogP contribution is 2.25. The topological polar surface area (TPSA) is 83.6 Å². The molecule has 114 valence electrons. The molecule has 1 amide bonds. The third kappa shape index (κ3) is 3.56. The van der Waals surface area contributed by atoms with Gasteiger partial charge in [0.15, 0.2) is 10.3 Å². The molecule has 0 bridgehead atoms. The number of nitrogens with one attached hydrogen (secondary N) is 1. The molecule has 0 aliphatic heterocycles. The number of nitriles is 1. The van der Waals surface area contributed by atoms with E-state index in [1.807, 2.05) is 42.6 Å². The van der Waals surface area contributed by atoms with Crippen molar-refractivity contribution < 1.29 is 4.79 Å². The fraction of sp³-hybridized carbons (Fsp3) is 0.0667. The van der Waals surface area contributed by atoms with Crippen LogP contribution in [0.3, 0.4) is 0 Å². The zero-order valence-corrected chi connectivity index (χ0v) is 13.3. The monoisotopic (exact) mass is 343 g/mol. The Bertz CT molecular complexity index is 864. The van der Waals surface area contributed by atoms with E-state index in [2.05, 4.69) is 15.4 Å². The van der Waals surface area contributed by atoms with Gasteiger partial charge in [-0.1, -0.05) is 35.1 Å². The number of rotatable bonds is 4. The van der Waals surface area contributed by atoms with Crippen LogP contribution in [0.15, 0.2) is 42.7 Å². The summed E-state index contributed by atoms with van der Waals surface area (Å²) in [6.45, 7) is 0. The minimum absolute atomic E-state index is 0.108. The van der Waals surface area contributed by atoms with Gasteiger partial charge in [-0.2, -0.15) is 10.4 Å². The van der Waals surface area contributed by atoms with Crippen molar-refractivity contribution in [3.63, 3.8) is 0 Å². The molecule has 3 rings (SSSR count). The highest BCUT2D eigenvalue weighted by Gasteiger charge is 2.11. The summed E-state index contributed by atoms with van der Waals surface area (Å²) in [7, 11) is 0. The van der Waals surface area contributed by atoms with Gasteiger partial charge in [-0.05, 0) is 23.8 Å². The average Bonchev–Trinajstić information content (AvgIpc) is 3.17. The van der Waals surface area contributed by atoms with Crippen molar-refractivity contribution in [2.45, 2.75) is 6.42 Å². The van der Waals surface area contributed by atoms with E-state index in [0.717, 1.165) is 22.6 Å². The molecule has 0 radical (unpaired) electrons. The lowest BCUT2D eigenvalue weighted by molar-refractivity contribution is -0.115. The summed E-state index contributed by atoms with van der Waals surface area (Å²) in [4.78, 5) is 16.2. The summed E-state index contributed by atoms with van der Waals surface area (Å²) in [5.74, 6) is -0.216. The van der Waals surface area contributed by atoms with Gasteiger partial charge < -0.3 is 5.32 Å². The zero-order chi connectivity index (χ0) is 16.2. The Morgan fingerprint density at radius 1 is 1.39 bits per heavy atom. The first-order valence-electron chi connectivity index (χ1n) is 6.61. The molecule has 8 heteroatoms. The SMILES string of the molecule is N#Cc1sc(NC(=O)Cc2ccc(-n3cccn3)cc2)nc1Cl. The second-order valence-electron chi connectivity index (χ2n) is 4.59. The molecule has 6 nitrogen and oxygen atoms in total. The fourth-order valence-corrected chi connectivity index (χ4v) is 2.92. The van der Waals surface area contributed by atoms with Gasteiger partial charge in [0.1, 0.15) is 10.9 Å². The average molecular weight is 344 g/mol.